The molecule has 0 aromatic carbocycles. The molecule has 0 saturated carbocycles. The van der Waals surface area contributed by atoms with Crippen molar-refractivity contribution in [1.82, 2.24) is 5.32 Å². The van der Waals surface area contributed by atoms with Gasteiger partial charge < -0.3 is 5.32 Å². The maximum atomic E-state index is 4.41. The van der Waals surface area contributed by atoms with Gasteiger partial charge in [-0.1, -0.05) is 26.0 Å². The van der Waals surface area contributed by atoms with Crippen molar-refractivity contribution in [3.63, 3.8) is 0 Å². The lowest BCUT2D eigenvalue weighted by Gasteiger charge is -2.19. The summed E-state index contributed by atoms with van der Waals surface area (Å²) >= 11 is 0. The minimum atomic E-state index is 0.410. The van der Waals surface area contributed by atoms with E-state index >= 15 is 0 Å². The van der Waals surface area contributed by atoms with E-state index in [1.165, 1.54) is 5.70 Å². The third-order valence-electron chi connectivity index (χ3n) is 2.36. The van der Waals surface area contributed by atoms with Crippen molar-refractivity contribution in [3.05, 3.63) is 24.0 Å². The molecule has 12 heavy (non-hydrogen) atoms. The second-order valence-corrected chi connectivity index (χ2v) is 3.65. The maximum Gasteiger partial charge on any atom is 0.0708 e. The number of hydrogen-bond acceptors (Lipinski definition) is 2. The van der Waals surface area contributed by atoms with E-state index in [0.29, 0.717) is 17.9 Å². The highest BCUT2D eigenvalue weighted by Gasteiger charge is 2.22. The predicted molar refractivity (Wildman–Crippen MR) is 51.0 cm³/mol. The highest BCUT2D eigenvalue weighted by atomic mass is 15.0. The minimum Gasteiger partial charge on any atom is -0.382 e. The van der Waals surface area contributed by atoms with Crippen LogP contribution in [0.5, 0.6) is 0 Å². The number of rotatable bonds is 1. The molecule has 0 aromatic rings. The molecule has 2 heterocycles. The molecule has 1 N–H and O–H groups in total. The largest absolute Gasteiger partial charge is 0.382 e. The Bertz CT molecular complexity index is 261. The van der Waals surface area contributed by atoms with Crippen molar-refractivity contribution in [2.75, 3.05) is 0 Å². The van der Waals surface area contributed by atoms with Crippen molar-refractivity contribution >= 4 is 6.21 Å². The van der Waals surface area contributed by atoms with Gasteiger partial charge in [-0.3, -0.25) is 4.99 Å². The number of allylic oxidation sites excluding steroid dienone is 1. The van der Waals surface area contributed by atoms with E-state index in [1.54, 1.807) is 0 Å². The Balaban J connectivity index is 2.20. The average molecular weight is 162 g/mol. The minimum absolute atomic E-state index is 0.410. The summed E-state index contributed by atoms with van der Waals surface area (Å²) in [5.74, 6) is 1.07. The highest BCUT2D eigenvalue weighted by molar-refractivity contribution is 5.70. The van der Waals surface area contributed by atoms with Gasteiger partial charge in [-0.25, -0.2) is 0 Å². The van der Waals surface area contributed by atoms with E-state index in [9.17, 15) is 0 Å². The summed E-state index contributed by atoms with van der Waals surface area (Å²) in [6.07, 6.45) is 8.48. The van der Waals surface area contributed by atoms with Crippen molar-refractivity contribution in [3.8, 4) is 0 Å². The zero-order valence-electron chi connectivity index (χ0n) is 7.49. The van der Waals surface area contributed by atoms with Crippen LogP contribution in [0.1, 0.15) is 13.8 Å². The van der Waals surface area contributed by atoms with Crippen LogP contribution in [0.4, 0.5) is 0 Å². The van der Waals surface area contributed by atoms with Crippen LogP contribution >= 0.6 is 0 Å². The van der Waals surface area contributed by atoms with E-state index in [1.807, 2.05) is 12.4 Å². The van der Waals surface area contributed by atoms with Crippen LogP contribution < -0.4 is 5.32 Å². The number of nitrogens with zero attached hydrogens (tertiary/aromatic N) is 1. The summed E-state index contributed by atoms with van der Waals surface area (Å²) < 4.78 is 0. The van der Waals surface area contributed by atoms with Gasteiger partial charge in [0.2, 0.25) is 0 Å². The van der Waals surface area contributed by atoms with Gasteiger partial charge in [-0.05, 0) is 12.1 Å². The van der Waals surface area contributed by atoms with Gasteiger partial charge in [0, 0.05) is 17.8 Å². The molecule has 0 saturated heterocycles. The van der Waals surface area contributed by atoms with Crippen molar-refractivity contribution < 1.29 is 0 Å². The molecule has 2 aliphatic heterocycles. The van der Waals surface area contributed by atoms with Gasteiger partial charge in [-0.15, -0.1) is 0 Å². The first-order chi connectivity index (χ1) is 5.77. The Hall–Kier alpha value is -1.05. The molecule has 64 valence electrons. The molecule has 2 aliphatic rings. The van der Waals surface area contributed by atoms with Crippen LogP contribution in [0.25, 0.3) is 0 Å². The molecule has 0 aliphatic carbocycles. The fraction of sp³-hybridized carbons (Fsp3) is 0.500. The quantitative estimate of drug-likeness (QED) is 0.623. The molecule has 2 heteroatoms. The Morgan fingerprint density at radius 2 is 2.33 bits per heavy atom. The summed E-state index contributed by atoms with van der Waals surface area (Å²) in [4.78, 5) is 4.41. The standard InChI is InChI=1S/C10H14N2/c1-7(2)9-5-8-3-4-11-10(8)6-12-9/h3-8,10-11H,1-2H3. The Morgan fingerprint density at radius 3 is 3.08 bits per heavy atom. The Labute approximate surface area is 73.1 Å². The molecule has 0 bridgehead atoms. The summed E-state index contributed by atoms with van der Waals surface area (Å²) in [5, 5.41) is 3.24. The molecular formula is C10H14N2. The smallest absolute Gasteiger partial charge is 0.0708 e. The van der Waals surface area contributed by atoms with Gasteiger partial charge >= 0.3 is 0 Å². The molecule has 2 rings (SSSR count). The molecule has 0 aromatic heterocycles. The molecule has 0 radical (unpaired) electrons. The molecular weight excluding hydrogens is 148 g/mol. The van der Waals surface area contributed by atoms with E-state index in [4.69, 9.17) is 0 Å². The fourth-order valence-corrected chi connectivity index (χ4v) is 1.56. The summed E-state index contributed by atoms with van der Waals surface area (Å²) in [6, 6.07) is 0.410. The lowest BCUT2D eigenvalue weighted by molar-refractivity contribution is 0.652. The van der Waals surface area contributed by atoms with Crippen LogP contribution in [0.3, 0.4) is 0 Å². The average Bonchev–Trinajstić information content (AvgIpc) is 2.49. The van der Waals surface area contributed by atoms with Crippen LogP contribution in [-0.2, 0) is 0 Å². The van der Waals surface area contributed by atoms with Crippen LogP contribution in [0.2, 0.25) is 0 Å². The second kappa shape index (κ2) is 2.77. The molecule has 0 amide bonds. The molecule has 2 atom stereocenters. The van der Waals surface area contributed by atoms with Crippen LogP contribution in [-0.4, -0.2) is 12.3 Å². The lowest BCUT2D eigenvalue weighted by Crippen LogP contribution is -2.29. The summed E-state index contributed by atoms with van der Waals surface area (Å²) in [6.45, 7) is 4.35. The number of aliphatic imine (C=N–C) groups is 1. The van der Waals surface area contributed by atoms with E-state index < -0.39 is 0 Å². The topological polar surface area (TPSA) is 24.4 Å². The van der Waals surface area contributed by atoms with Crippen molar-refractivity contribution in [2.24, 2.45) is 16.8 Å². The van der Waals surface area contributed by atoms with Gasteiger partial charge in [0.1, 0.15) is 0 Å². The first-order valence-electron chi connectivity index (χ1n) is 4.46. The van der Waals surface area contributed by atoms with Crippen LogP contribution in [0, 0.1) is 11.8 Å². The van der Waals surface area contributed by atoms with Crippen LogP contribution in [0.15, 0.2) is 29.0 Å². The summed E-state index contributed by atoms with van der Waals surface area (Å²) in [5.41, 5.74) is 1.21. The van der Waals surface area contributed by atoms with E-state index in [-0.39, 0.29) is 0 Å². The first kappa shape index (κ1) is 7.59. The van der Waals surface area contributed by atoms with Gasteiger partial charge in [-0.2, -0.15) is 0 Å². The number of hydrogen-bond donors (Lipinski definition) is 1. The van der Waals surface area contributed by atoms with Gasteiger partial charge in [0.25, 0.3) is 0 Å². The third kappa shape index (κ3) is 1.17. The lowest BCUT2D eigenvalue weighted by atomic mass is 9.96. The Kier molecular flexibility index (Phi) is 1.75. The van der Waals surface area contributed by atoms with E-state index in [2.05, 4.69) is 36.3 Å². The maximum absolute atomic E-state index is 4.41. The normalized spacial score (nSPS) is 31.8. The molecule has 0 spiro atoms. The SMILES string of the molecule is CC(C)C1=CC2C=CNC2C=N1. The molecule has 0 fully saturated rings. The molecule has 2 unspecified atom stereocenters. The first-order valence-corrected chi connectivity index (χ1v) is 4.46. The van der Waals surface area contributed by atoms with E-state index in [0.717, 1.165) is 0 Å². The fourth-order valence-electron chi connectivity index (χ4n) is 1.56. The number of nitrogens with one attached hydrogen (secondary N) is 1. The zero-order chi connectivity index (χ0) is 8.55. The van der Waals surface area contributed by atoms with Gasteiger partial charge in [0.15, 0.2) is 0 Å². The Morgan fingerprint density at radius 1 is 1.50 bits per heavy atom. The monoisotopic (exact) mass is 162 g/mol. The zero-order valence-corrected chi connectivity index (χ0v) is 7.49. The summed E-state index contributed by atoms with van der Waals surface area (Å²) in [7, 11) is 0. The predicted octanol–water partition coefficient (Wildman–Crippen LogP) is 1.71. The van der Waals surface area contributed by atoms with Crippen molar-refractivity contribution in [2.45, 2.75) is 19.9 Å². The number of fused-ring (bicyclic) bond motifs is 1. The van der Waals surface area contributed by atoms with Gasteiger partial charge in [0.05, 0.1) is 6.04 Å². The highest BCUT2D eigenvalue weighted by Crippen LogP contribution is 2.23. The molecule has 2 nitrogen and oxygen atoms in total. The third-order valence-corrected chi connectivity index (χ3v) is 2.36. The van der Waals surface area contributed by atoms with Crippen molar-refractivity contribution in [1.29, 1.82) is 0 Å². The second-order valence-electron chi connectivity index (χ2n) is 3.65.